The average molecular weight is 248 g/mol. The fraction of sp³-hybridized carbons (Fsp3) is 0.714. The predicted molar refractivity (Wildman–Crippen MR) is 75.9 cm³/mol. The Morgan fingerprint density at radius 1 is 1.28 bits per heavy atom. The van der Waals surface area contributed by atoms with E-state index in [0.29, 0.717) is 12.0 Å². The molecule has 2 atom stereocenters. The third-order valence-corrected chi connectivity index (χ3v) is 3.60. The van der Waals surface area contributed by atoms with Gasteiger partial charge in [-0.05, 0) is 38.2 Å². The van der Waals surface area contributed by atoms with Gasteiger partial charge in [0, 0.05) is 18.8 Å². The van der Waals surface area contributed by atoms with Crippen molar-refractivity contribution in [2.45, 2.75) is 52.0 Å². The summed E-state index contributed by atoms with van der Waals surface area (Å²) in [7, 11) is 0. The molecule has 2 N–H and O–H groups in total. The van der Waals surface area contributed by atoms with Crippen LogP contribution in [0, 0.1) is 5.92 Å². The van der Waals surface area contributed by atoms with Gasteiger partial charge in [0.05, 0.1) is 0 Å². The van der Waals surface area contributed by atoms with Gasteiger partial charge >= 0.3 is 0 Å². The largest absolute Gasteiger partial charge is 0.367 e. The van der Waals surface area contributed by atoms with Crippen LogP contribution in [0.3, 0.4) is 0 Å². The molecule has 1 aromatic rings. The summed E-state index contributed by atoms with van der Waals surface area (Å²) >= 11 is 0. The molecule has 1 aromatic heterocycles. The first-order valence-corrected chi connectivity index (χ1v) is 7.11. The van der Waals surface area contributed by atoms with Crippen LogP contribution in [0.1, 0.15) is 46.0 Å². The lowest BCUT2D eigenvalue weighted by atomic mass is 10.0. The number of hydrogen-bond donors (Lipinski definition) is 2. The monoisotopic (exact) mass is 248 g/mol. The summed E-state index contributed by atoms with van der Waals surface area (Å²) in [5.74, 6) is 2.53. The number of aromatic nitrogens is 2. The van der Waals surface area contributed by atoms with Crippen molar-refractivity contribution in [2.24, 2.45) is 5.92 Å². The molecule has 0 bridgehead atoms. The molecule has 1 saturated carbocycles. The lowest BCUT2D eigenvalue weighted by Crippen LogP contribution is -2.19. The highest BCUT2D eigenvalue weighted by atomic mass is 15.1. The first-order chi connectivity index (χ1) is 8.78. The Morgan fingerprint density at radius 2 is 2.17 bits per heavy atom. The minimum atomic E-state index is 0.569. The third-order valence-electron chi connectivity index (χ3n) is 3.60. The number of anilines is 2. The molecule has 0 spiro atoms. The van der Waals surface area contributed by atoms with Gasteiger partial charge in [0.15, 0.2) is 0 Å². The minimum absolute atomic E-state index is 0.569. The van der Waals surface area contributed by atoms with Gasteiger partial charge in [0.2, 0.25) is 5.95 Å². The smallest absolute Gasteiger partial charge is 0.224 e. The summed E-state index contributed by atoms with van der Waals surface area (Å²) in [5, 5.41) is 6.69. The quantitative estimate of drug-likeness (QED) is 0.803. The zero-order valence-corrected chi connectivity index (χ0v) is 11.4. The highest BCUT2D eigenvalue weighted by Gasteiger charge is 2.16. The molecular weight excluding hydrogens is 224 g/mol. The molecule has 0 saturated heterocycles. The zero-order chi connectivity index (χ0) is 12.8. The van der Waals surface area contributed by atoms with E-state index in [1.54, 1.807) is 0 Å². The van der Waals surface area contributed by atoms with Crippen LogP contribution in [0.4, 0.5) is 11.8 Å². The van der Waals surface area contributed by atoms with Crippen molar-refractivity contribution >= 4 is 11.8 Å². The van der Waals surface area contributed by atoms with Gasteiger partial charge in [0.1, 0.15) is 5.82 Å². The first-order valence-electron chi connectivity index (χ1n) is 7.11. The van der Waals surface area contributed by atoms with Crippen LogP contribution in [-0.4, -0.2) is 22.6 Å². The molecule has 4 nitrogen and oxygen atoms in total. The van der Waals surface area contributed by atoms with Crippen LogP contribution < -0.4 is 10.6 Å². The number of hydrogen-bond acceptors (Lipinski definition) is 4. The van der Waals surface area contributed by atoms with Gasteiger partial charge in [-0.2, -0.15) is 4.98 Å². The van der Waals surface area contributed by atoms with E-state index < -0.39 is 0 Å². The molecule has 0 aromatic carbocycles. The maximum absolute atomic E-state index is 4.47. The maximum atomic E-state index is 4.47. The summed E-state index contributed by atoms with van der Waals surface area (Å²) in [6, 6.07) is 2.52. The zero-order valence-electron chi connectivity index (χ0n) is 11.4. The molecule has 1 heterocycles. The van der Waals surface area contributed by atoms with E-state index in [9.17, 15) is 0 Å². The van der Waals surface area contributed by atoms with E-state index in [-0.39, 0.29) is 0 Å². The maximum Gasteiger partial charge on any atom is 0.224 e. The Balaban J connectivity index is 1.93. The average Bonchev–Trinajstić information content (AvgIpc) is 2.56. The Morgan fingerprint density at radius 3 is 3.00 bits per heavy atom. The molecule has 18 heavy (non-hydrogen) atoms. The van der Waals surface area contributed by atoms with E-state index in [1.807, 2.05) is 12.3 Å². The van der Waals surface area contributed by atoms with E-state index in [2.05, 4.69) is 34.4 Å². The summed E-state index contributed by atoms with van der Waals surface area (Å²) in [6.07, 6.45) is 8.33. The van der Waals surface area contributed by atoms with Crippen molar-refractivity contribution < 1.29 is 0 Å². The van der Waals surface area contributed by atoms with E-state index >= 15 is 0 Å². The Bertz CT molecular complexity index is 367. The van der Waals surface area contributed by atoms with Crippen LogP contribution in [0.15, 0.2) is 12.3 Å². The lowest BCUT2D eigenvalue weighted by Gasteiger charge is -2.17. The number of nitrogens with zero attached hydrogens (tertiary/aromatic N) is 2. The topological polar surface area (TPSA) is 49.8 Å². The second-order valence-corrected chi connectivity index (χ2v) is 5.25. The third kappa shape index (κ3) is 3.86. The van der Waals surface area contributed by atoms with E-state index in [4.69, 9.17) is 0 Å². The highest BCUT2D eigenvalue weighted by molar-refractivity contribution is 5.40. The standard InChI is InChI=1S/C14H24N4/c1-3-15-14-16-10-9-13(18-14)17-12-6-4-5-11(2)7-8-12/h9-12H,3-8H2,1-2H3,(H2,15,16,17,18). The second kappa shape index (κ2) is 6.57. The summed E-state index contributed by atoms with van der Waals surface area (Å²) in [5.41, 5.74) is 0. The van der Waals surface area contributed by atoms with Crippen LogP contribution in [-0.2, 0) is 0 Å². The Labute approximate surface area is 110 Å². The SMILES string of the molecule is CCNc1nccc(NC2CCCC(C)CC2)n1. The van der Waals surface area contributed by atoms with E-state index in [0.717, 1.165) is 18.3 Å². The molecule has 0 amide bonds. The normalized spacial score (nSPS) is 24.3. The first kappa shape index (κ1) is 13.1. The van der Waals surface area contributed by atoms with Gasteiger partial charge in [-0.1, -0.05) is 19.8 Å². The van der Waals surface area contributed by atoms with Crippen LogP contribution in [0.25, 0.3) is 0 Å². The molecular formula is C14H24N4. The molecule has 1 fully saturated rings. The molecule has 0 aliphatic heterocycles. The van der Waals surface area contributed by atoms with Crippen molar-refractivity contribution in [3.8, 4) is 0 Å². The van der Waals surface area contributed by atoms with Crippen LogP contribution in [0.5, 0.6) is 0 Å². The Hall–Kier alpha value is -1.32. The Kier molecular flexibility index (Phi) is 4.79. The number of rotatable bonds is 4. The molecule has 1 aliphatic carbocycles. The van der Waals surface area contributed by atoms with Crippen molar-refractivity contribution in [1.29, 1.82) is 0 Å². The van der Waals surface area contributed by atoms with Crippen LogP contribution >= 0.6 is 0 Å². The van der Waals surface area contributed by atoms with Gasteiger partial charge < -0.3 is 10.6 Å². The molecule has 1 aliphatic rings. The van der Waals surface area contributed by atoms with Gasteiger partial charge in [-0.15, -0.1) is 0 Å². The van der Waals surface area contributed by atoms with E-state index in [1.165, 1.54) is 32.1 Å². The lowest BCUT2D eigenvalue weighted by molar-refractivity contribution is 0.502. The minimum Gasteiger partial charge on any atom is -0.367 e. The molecule has 100 valence electrons. The molecule has 2 rings (SSSR count). The van der Waals surface area contributed by atoms with Crippen molar-refractivity contribution in [1.82, 2.24) is 9.97 Å². The summed E-state index contributed by atoms with van der Waals surface area (Å²) < 4.78 is 0. The number of nitrogens with one attached hydrogen (secondary N) is 2. The second-order valence-electron chi connectivity index (χ2n) is 5.25. The molecule has 2 unspecified atom stereocenters. The van der Waals surface area contributed by atoms with Gasteiger partial charge in [-0.3, -0.25) is 0 Å². The van der Waals surface area contributed by atoms with Crippen molar-refractivity contribution in [2.75, 3.05) is 17.2 Å². The molecule has 4 heteroatoms. The summed E-state index contributed by atoms with van der Waals surface area (Å²) in [4.78, 5) is 8.66. The van der Waals surface area contributed by atoms with Crippen molar-refractivity contribution in [3.63, 3.8) is 0 Å². The fourth-order valence-electron chi connectivity index (χ4n) is 2.52. The van der Waals surface area contributed by atoms with Crippen LogP contribution in [0.2, 0.25) is 0 Å². The fourth-order valence-corrected chi connectivity index (χ4v) is 2.52. The van der Waals surface area contributed by atoms with Gasteiger partial charge in [-0.25, -0.2) is 4.98 Å². The molecule has 0 radical (unpaired) electrons. The van der Waals surface area contributed by atoms with Crippen molar-refractivity contribution in [3.05, 3.63) is 12.3 Å². The highest BCUT2D eigenvalue weighted by Crippen LogP contribution is 2.24. The van der Waals surface area contributed by atoms with Gasteiger partial charge in [0.25, 0.3) is 0 Å². The summed E-state index contributed by atoms with van der Waals surface area (Å²) in [6.45, 7) is 5.26. The predicted octanol–water partition coefficient (Wildman–Crippen LogP) is 3.29.